The Bertz CT molecular complexity index is 259. The summed E-state index contributed by atoms with van der Waals surface area (Å²) in [5.41, 5.74) is -1.30. The highest BCUT2D eigenvalue weighted by Crippen LogP contribution is 2.37. The number of rotatable bonds is 6. The summed E-state index contributed by atoms with van der Waals surface area (Å²) in [6.45, 7) is 4.06. The van der Waals surface area contributed by atoms with E-state index in [2.05, 4.69) is 0 Å². The average Bonchev–Trinajstić information content (AvgIpc) is 2.39. The number of carbonyl (C=O) groups is 1. The standard InChI is InChI=1S/C14H26O4/c1-4-10-14(16,13(15)18-5-2)11-6-8-12(17-3)9-7-11/h11-12,16H,4-10H2,1-3H3. The first-order valence-electron chi connectivity index (χ1n) is 7.00. The summed E-state index contributed by atoms with van der Waals surface area (Å²) in [7, 11) is 1.72. The van der Waals surface area contributed by atoms with Gasteiger partial charge in [0, 0.05) is 7.11 Å². The van der Waals surface area contributed by atoms with Gasteiger partial charge in [0.1, 0.15) is 0 Å². The lowest BCUT2D eigenvalue weighted by atomic mass is 9.74. The summed E-state index contributed by atoms with van der Waals surface area (Å²) in [5, 5.41) is 10.7. The minimum atomic E-state index is -1.30. The molecule has 0 heterocycles. The van der Waals surface area contributed by atoms with Crippen molar-refractivity contribution in [3.8, 4) is 0 Å². The highest BCUT2D eigenvalue weighted by Gasteiger charge is 2.45. The van der Waals surface area contributed by atoms with Crippen LogP contribution in [0.5, 0.6) is 0 Å². The SMILES string of the molecule is CCCC(O)(C(=O)OCC)C1CCC(OC)CC1. The molecule has 1 N–H and O–H groups in total. The second-order valence-corrected chi connectivity index (χ2v) is 5.10. The Morgan fingerprint density at radius 2 is 1.89 bits per heavy atom. The zero-order valence-electron chi connectivity index (χ0n) is 11.8. The maximum atomic E-state index is 12.0. The first-order chi connectivity index (χ1) is 8.58. The Morgan fingerprint density at radius 3 is 2.33 bits per heavy atom. The van der Waals surface area contributed by atoms with Gasteiger partial charge in [-0.1, -0.05) is 13.3 Å². The van der Waals surface area contributed by atoms with Crippen LogP contribution in [-0.2, 0) is 14.3 Å². The zero-order valence-corrected chi connectivity index (χ0v) is 11.8. The number of carbonyl (C=O) groups excluding carboxylic acids is 1. The minimum absolute atomic E-state index is 0.00269. The molecule has 0 aromatic rings. The van der Waals surface area contributed by atoms with Crippen molar-refractivity contribution >= 4 is 5.97 Å². The van der Waals surface area contributed by atoms with E-state index in [4.69, 9.17) is 9.47 Å². The monoisotopic (exact) mass is 258 g/mol. The third-order valence-electron chi connectivity index (χ3n) is 3.94. The Labute approximate surface area is 110 Å². The van der Waals surface area contributed by atoms with E-state index in [-0.39, 0.29) is 12.0 Å². The summed E-state index contributed by atoms with van der Waals surface area (Å²) in [6, 6.07) is 0. The molecule has 1 aliphatic carbocycles. The molecule has 4 nitrogen and oxygen atoms in total. The summed E-state index contributed by atoms with van der Waals surface area (Å²) < 4.78 is 10.4. The van der Waals surface area contributed by atoms with Gasteiger partial charge in [-0.05, 0) is 44.9 Å². The molecule has 0 spiro atoms. The molecule has 0 aromatic heterocycles. The smallest absolute Gasteiger partial charge is 0.338 e. The van der Waals surface area contributed by atoms with Gasteiger partial charge in [-0.15, -0.1) is 0 Å². The van der Waals surface area contributed by atoms with Crippen molar-refractivity contribution in [2.75, 3.05) is 13.7 Å². The van der Waals surface area contributed by atoms with Crippen LogP contribution in [0.1, 0.15) is 52.4 Å². The second-order valence-electron chi connectivity index (χ2n) is 5.10. The van der Waals surface area contributed by atoms with Gasteiger partial charge in [0.05, 0.1) is 12.7 Å². The molecular formula is C14H26O4. The van der Waals surface area contributed by atoms with Gasteiger partial charge in [-0.25, -0.2) is 4.79 Å². The first kappa shape index (κ1) is 15.4. The molecule has 4 heteroatoms. The van der Waals surface area contributed by atoms with Gasteiger partial charge in [-0.2, -0.15) is 0 Å². The van der Waals surface area contributed by atoms with Crippen LogP contribution in [0, 0.1) is 5.92 Å². The van der Waals surface area contributed by atoms with Crippen LogP contribution >= 0.6 is 0 Å². The van der Waals surface area contributed by atoms with Crippen molar-refractivity contribution in [2.24, 2.45) is 5.92 Å². The molecule has 1 rings (SSSR count). The predicted octanol–water partition coefficient (Wildman–Crippen LogP) is 2.29. The van der Waals surface area contributed by atoms with Crippen molar-refractivity contribution in [3.63, 3.8) is 0 Å². The third kappa shape index (κ3) is 3.45. The predicted molar refractivity (Wildman–Crippen MR) is 69.2 cm³/mol. The topological polar surface area (TPSA) is 55.8 Å². The van der Waals surface area contributed by atoms with Gasteiger partial charge in [0.2, 0.25) is 0 Å². The molecule has 1 unspecified atom stereocenters. The van der Waals surface area contributed by atoms with E-state index in [9.17, 15) is 9.90 Å². The van der Waals surface area contributed by atoms with E-state index in [0.717, 1.165) is 32.1 Å². The molecular weight excluding hydrogens is 232 g/mol. The number of hydrogen-bond acceptors (Lipinski definition) is 4. The van der Waals surface area contributed by atoms with Gasteiger partial charge in [-0.3, -0.25) is 0 Å². The van der Waals surface area contributed by atoms with E-state index < -0.39 is 11.6 Å². The van der Waals surface area contributed by atoms with Crippen LogP contribution in [0.2, 0.25) is 0 Å². The summed E-state index contributed by atoms with van der Waals surface area (Å²) in [6.07, 6.45) is 5.00. The fourth-order valence-corrected chi connectivity index (χ4v) is 2.89. The fourth-order valence-electron chi connectivity index (χ4n) is 2.89. The number of hydrogen-bond donors (Lipinski definition) is 1. The highest BCUT2D eigenvalue weighted by molar-refractivity contribution is 5.79. The lowest BCUT2D eigenvalue weighted by Gasteiger charge is -2.38. The summed E-state index contributed by atoms with van der Waals surface area (Å²) in [4.78, 5) is 12.0. The van der Waals surface area contributed by atoms with E-state index in [1.807, 2.05) is 6.92 Å². The molecule has 0 bridgehead atoms. The zero-order chi connectivity index (χ0) is 13.6. The van der Waals surface area contributed by atoms with E-state index in [0.29, 0.717) is 13.0 Å². The van der Waals surface area contributed by atoms with Crippen molar-refractivity contribution in [2.45, 2.75) is 64.1 Å². The molecule has 0 aliphatic heterocycles. The average molecular weight is 258 g/mol. The lowest BCUT2D eigenvalue weighted by molar-refractivity contribution is -0.175. The van der Waals surface area contributed by atoms with Crippen LogP contribution in [0.3, 0.4) is 0 Å². The fraction of sp³-hybridized carbons (Fsp3) is 0.929. The molecule has 0 saturated heterocycles. The highest BCUT2D eigenvalue weighted by atomic mass is 16.5. The molecule has 18 heavy (non-hydrogen) atoms. The van der Waals surface area contributed by atoms with Crippen molar-refractivity contribution in [1.82, 2.24) is 0 Å². The quantitative estimate of drug-likeness (QED) is 0.743. The van der Waals surface area contributed by atoms with Crippen LogP contribution in [0.25, 0.3) is 0 Å². The van der Waals surface area contributed by atoms with Gasteiger partial charge >= 0.3 is 5.97 Å². The van der Waals surface area contributed by atoms with Crippen LogP contribution in [0.15, 0.2) is 0 Å². The second kappa shape index (κ2) is 7.10. The Balaban J connectivity index is 2.69. The first-order valence-corrected chi connectivity index (χ1v) is 7.00. The van der Waals surface area contributed by atoms with Gasteiger partial charge < -0.3 is 14.6 Å². The Kier molecular flexibility index (Phi) is 6.09. The Morgan fingerprint density at radius 1 is 1.28 bits per heavy atom. The third-order valence-corrected chi connectivity index (χ3v) is 3.94. The molecule has 1 atom stereocenters. The maximum Gasteiger partial charge on any atom is 0.338 e. The molecule has 0 amide bonds. The van der Waals surface area contributed by atoms with Crippen molar-refractivity contribution in [3.05, 3.63) is 0 Å². The molecule has 0 aromatic carbocycles. The lowest BCUT2D eigenvalue weighted by Crippen LogP contribution is -2.48. The van der Waals surface area contributed by atoms with E-state index in [1.54, 1.807) is 14.0 Å². The molecule has 1 saturated carbocycles. The van der Waals surface area contributed by atoms with E-state index in [1.165, 1.54) is 0 Å². The maximum absolute atomic E-state index is 12.0. The molecule has 1 aliphatic rings. The molecule has 0 radical (unpaired) electrons. The minimum Gasteiger partial charge on any atom is -0.464 e. The van der Waals surface area contributed by atoms with Gasteiger partial charge in [0.25, 0.3) is 0 Å². The molecule has 1 fully saturated rings. The summed E-state index contributed by atoms with van der Waals surface area (Å²) >= 11 is 0. The number of methoxy groups -OCH3 is 1. The van der Waals surface area contributed by atoms with Crippen molar-refractivity contribution < 1.29 is 19.4 Å². The molecule has 106 valence electrons. The largest absolute Gasteiger partial charge is 0.464 e. The number of esters is 1. The van der Waals surface area contributed by atoms with Gasteiger partial charge in [0.15, 0.2) is 5.60 Å². The van der Waals surface area contributed by atoms with E-state index >= 15 is 0 Å². The summed E-state index contributed by atoms with van der Waals surface area (Å²) in [5.74, 6) is -0.449. The van der Waals surface area contributed by atoms with Crippen molar-refractivity contribution in [1.29, 1.82) is 0 Å². The Hall–Kier alpha value is -0.610. The van der Waals surface area contributed by atoms with Crippen LogP contribution in [0.4, 0.5) is 0 Å². The normalized spacial score (nSPS) is 27.6. The number of ether oxygens (including phenoxy) is 2. The number of aliphatic hydroxyl groups is 1. The van der Waals surface area contributed by atoms with Crippen LogP contribution < -0.4 is 0 Å². The van der Waals surface area contributed by atoms with Crippen LogP contribution in [-0.4, -0.2) is 36.5 Å².